The van der Waals surface area contributed by atoms with Crippen molar-refractivity contribution in [1.82, 2.24) is 0 Å². The largest absolute Gasteiger partial charge is 0.495 e. The SMILES string of the molecule is COc1c(Cl)c(C)cc(C)c1CS(=O)(=O)Cl. The number of benzene rings is 1. The molecule has 3 nitrogen and oxygen atoms in total. The third kappa shape index (κ3) is 3.03. The zero-order valence-corrected chi connectivity index (χ0v) is 11.5. The van der Waals surface area contributed by atoms with Crippen molar-refractivity contribution in [3.63, 3.8) is 0 Å². The van der Waals surface area contributed by atoms with E-state index in [1.807, 2.05) is 13.0 Å². The Labute approximate surface area is 105 Å². The van der Waals surface area contributed by atoms with Crippen LogP contribution in [0.3, 0.4) is 0 Å². The van der Waals surface area contributed by atoms with Gasteiger partial charge in [-0.05, 0) is 25.0 Å². The maximum Gasteiger partial charge on any atom is 0.236 e. The van der Waals surface area contributed by atoms with Crippen LogP contribution in [0.5, 0.6) is 5.75 Å². The Hall–Kier alpha value is -0.450. The molecule has 16 heavy (non-hydrogen) atoms. The second-order valence-corrected chi connectivity index (χ2v) is 6.67. The van der Waals surface area contributed by atoms with Crippen LogP contribution in [0.4, 0.5) is 0 Å². The molecule has 0 saturated carbocycles. The van der Waals surface area contributed by atoms with Crippen molar-refractivity contribution in [3.05, 3.63) is 27.8 Å². The summed E-state index contributed by atoms with van der Waals surface area (Å²) in [5, 5.41) is 0.420. The van der Waals surface area contributed by atoms with Crippen LogP contribution >= 0.6 is 22.3 Å². The van der Waals surface area contributed by atoms with Gasteiger partial charge < -0.3 is 4.74 Å². The summed E-state index contributed by atoms with van der Waals surface area (Å²) in [4.78, 5) is 0. The molecule has 6 heteroatoms. The smallest absolute Gasteiger partial charge is 0.236 e. The number of hydrogen-bond acceptors (Lipinski definition) is 3. The number of ether oxygens (including phenoxy) is 1. The fourth-order valence-electron chi connectivity index (χ4n) is 1.53. The molecule has 1 aromatic rings. The topological polar surface area (TPSA) is 43.4 Å². The first-order chi connectivity index (χ1) is 7.26. The Morgan fingerprint density at radius 3 is 2.31 bits per heavy atom. The molecule has 0 fully saturated rings. The van der Waals surface area contributed by atoms with E-state index in [-0.39, 0.29) is 5.75 Å². The molecule has 0 aliphatic carbocycles. The maximum atomic E-state index is 11.1. The second-order valence-electron chi connectivity index (χ2n) is 3.52. The minimum atomic E-state index is -3.63. The van der Waals surface area contributed by atoms with E-state index >= 15 is 0 Å². The van der Waals surface area contributed by atoms with Crippen LogP contribution in [0.2, 0.25) is 5.02 Å². The molecule has 0 atom stereocenters. The quantitative estimate of drug-likeness (QED) is 0.801. The van der Waals surface area contributed by atoms with Gasteiger partial charge in [0.15, 0.2) is 0 Å². The van der Waals surface area contributed by atoms with Crippen molar-refractivity contribution in [2.45, 2.75) is 19.6 Å². The molecular weight excluding hydrogens is 271 g/mol. The molecule has 0 aliphatic heterocycles. The maximum absolute atomic E-state index is 11.1. The van der Waals surface area contributed by atoms with Gasteiger partial charge in [0.2, 0.25) is 9.05 Å². The minimum absolute atomic E-state index is 0.288. The van der Waals surface area contributed by atoms with Crippen LogP contribution < -0.4 is 4.74 Å². The third-order valence-corrected chi connectivity index (χ3v) is 3.68. The molecule has 1 rings (SSSR count). The molecule has 0 amide bonds. The summed E-state index contributed by atoms with van der Waals surface area (Å²) < 4.78 is 27.3. The number of aryl methyl sites for hydroxylation is 2. The van der Waals surface area contributed by atoms with Crippen LogP contribution in [0.1, 0.15) is 16.7 Å². The van der Waals surface area contributed by atoms with Gasteiger partial charge >= 0.3 is 0 Å². The molecule has 0 bridgehead atoms. The second kappa shape index (κ2) is 4.82. The molecule has 0 unspecified atom stereocenters. The predicted octanol–water partition coefficient (Wildman–Crippen LogP) is 3.03. The Morgan fingerprint density at radius 2 is 1.88 bits per heavy atom. The van der Waals surface area contributed by atoms with Gasteiger partial charge in [0.25, 0.3) is 0 Å². The first-order valence-corrected chi connectivity index (χ1v) is 7.36. The van der Waals surface area contributed by atoms with Crippen molar-refractivity contribution in [2.75, 3.05) is 7.11 Å². The highest BCUT2D eigenvalue weighted by molar-refractivity contribution is 8.13. The lowest BCUT2D eigenvalue weighted by Crippen LogP contribution is -2.02. The van der Waals surface area contributed by atoms with Crippen LogP contribution in [-0.2, 0) is 14.8 Å². The monoisotopic (exact) mass is 282 g/mol. The summed E-state index contributed by atoms with van der Waals surface area (Å²) in [6.07, 6.45) is 0. The highest BCUT2D eigenvalue weighted by Gasteiger charge is 2.18. The van der Waals surface area contributed by atoms with Crippen LogP contribution in [-0.4, -0.2) is 15.5 Å². The van der Waals surface area contributed by atoms with Gasteiger partial charge in [0.1, 0.15) is 5.75 Å². The summed E-state index contributed by atoms with van der Waals surface area (Å²) in [5.74, 6) is 0.0900. The number of methoxy groups -OCH3 is 1. The summed E-state index contributed by atoms with van der Waals surface area (Å²) in [6.45, 7) is 3.63. The van der Waals surface area contributed by atoms with Gasteiger partial charge in [-0.2, -0.15) is 0 Å². The first kappa shape index (κ1) is 13.6. The highest BCUT2D eigenvalue weighted by atomic mass is 35.7. The van der Waals surface area contributed by atoms with E-state index < -0.39 is 9.05 Å². The molecule has 0 spiro atoms. The van der Waals surface area contributed by atoms with Gasteiger partial charge in [0, 0.05) is 16.2 Å². The standard InChI is InChI=1S/C10H12Cl2O3S/c1-6-4-7(2)9(11)10(15-3)8(6)5-16(12,13)14/h4H,5H2,1-3H3. The van der Waals surface area contributed by atoms with Gasteiger partial charge in [-0.15, -0.1) is 0 Å². The summed E-state index contributed by atoms with van der Waals surface area (Å²) in [7, 11) is 3.05. The van der Waals surface area contributed by atoms with Crippen molar-refractivity contribution < 1.29 is 13.2 Å². The van der Waals surface area contributed by atoms with E-state index in [0.717, 1.165) is 11.1 Å². The average molecular weight is 283 g/mol. The molecule has 0 aromatic heterocycles. The van der Waals surface area contributed by atoms with Gasteiger partial charge in [-0.25, -0.2) is 8.42 Å². The fourth-order valence-corrected chi connectivity index (χ4v) is 2.81. The van der Waals surface area contributed by atoms with E-state index in [4.69, 9.17) is 27.0 Å². The Kier molecular flexibility index (Phi) is 4.10. The summed E-state index contributed by atoms with van der Waals surface area (Å²) in [5.41, 5.74) is 2.14. The predicted molar refractivity (Wildman–Crippen MR) is 66.0 cm³/mol. The Morgan fingerprint density at radius 1 is 1.31 bits per heavy atom. The van der Waals surface area contributed by atoms with Gasteiger partial charge in [-0.3, -0.25) is 0 Å². The number of hydrogen-bond donors (Lipinski definition) is 0. The van der Waals surface area contributed by atoms with Crippen molar-refractivity contribution in [1.29, 1.82) is 0 Å². The summed E-state index contributed by atoms with van der Waals surface area (Å²) in [6, 6.07) is 1.81. The molecule has 0 aliphatic rings. The molecule has 0 radical (unpaired) electrons. The van der Waals surface area contributed by atoms with E-state index in [2.05, 4.69) is 0 Å². The molecule has 0 N–H and O–H groups in total. The molecule has 1 aromatic carbocycles. The lowest BCUT2D eigenvalue weighted by atomic mass is 10.1. The average Bonchev–Trinajstić information content (AvgIpc) is 2.13. The number of rotatable bonds is 3. The first-order valence-electron chi connectivity index (χ1n) is 4.51. The Balaban J connectivity index is 3.43. The van der Waals surface area contributed by atoms with Crippen molar-refractivity contribution in [3.8, 4) is 5.75 Å². The molecule has 90 valence electrons. The van der Waals surface area contributed by atoms with Crippen molar-refractivity contribution in [2.24, 2.45) is 0 Å². The fraction of sp³-hybridized carbons (Fsp3) is 0.400. The van der Waals surface area contributed by atoms with E-state index in [9.17, 15) is 8.42 Å². The molecule has 0 saturated heterocycles. The van der Waals surface area contributed by atoms with E-state index in [0.29, 0.717) is 16.3 Å². The highest BCUT2D eigenvalue weighted by Crippen LogP contribution is 2.35. The van der Waals surface area contributed by atoms with E-state index in [1.54, 1.807) is 6.92 Å². The van der Waals surface area contributed by atoms with Gasteiger partial charge in [-0.1, -0.05) is 17.7 Å². The van der Waals surface area contributed by atoms with Crippen molar-refractivity contribution >= 4 is 31.3 Å². The third-order valence-electron chi connectivity index (χ3n) is 2.25. The molecule has 0 heterocycles. The lowest BCUT2D eigenvalue weighted by Gasteiger charge is -2.14. The van der Waals surface area contributed by atoms with Crippen LogP contribution in [0.15, 0.2) is 6.07 Å². The van der Waals surface area contributed by atoms with Gasteiger partial charge in [0.05, 0.1) is 17.9 Å². The number of halogens is 2. The van der Waals surface area contributed by atoms with Crippen LogP contribution in [0, 0.1) is 13.8 Å². The summed E-state index contributed by atoms with van der Waals surface area (Å²) >= 11 is 6.04. The Bertz CT molecular complexity index is 509. The molecular formula is C10H12Cl2O3S. The van der Waals surface area contributed by atoms with Crippen LogP contribution in [0.25, 0.3) is 0 Å². The zero-order valence-electron chi connectivity index (χ0n) is 9.17. The lowest BCUT2D eigenvalue weighted by molar-refractivity contribution is 0.410. The minimum Gasteiger partial charge on any atom is -0.495 e. The normalized spacial score (nSPS) is 11.6. The van der Waals surface area contributed by atoms with E-state index in [1.165, 1.54) is 7.11 Å². The zero-order chi connectivity index (χ0) is 12.5.